The van der Waals surface area contributed by atoms with E-state index in [4.69, 9.17) is 10.5 Å². The van der Waals surface area contributed by atoms with Crippen molar-refractivity contribution in [2.45, 2.75) is 19.3 Å². The first-order valence-electron chi connectivity index (χ1n) is 7.31. The van der Waals surface area contributed by atoms with Gasteiger partial charge in [0.05, 0.1) is 5.56 Å². The Balaban J connectivity index is 2.08. The highest BCUT2D eigenvalue weighted by molar-refractivity contribution is 6.00. The van der Waals surface area contributed by atoms with Crippen molar-refractivity contribution in [1.82, 2.24) is 4.90 Å². The molecule has 0 aromatic heterocycles. The summed E-state index contributed by atoms with van der Waals surface area (Å²) in [6, 6.07) is 5.39. The monoisotopic (exact) mass is 291 g/mol. The summed E-state index contributed by atoms with van der Waals surface area (Å²) in [6.45, 7) is 1.63. The van der Waals surface area contributed by atoms with Gasteiger partial charge in [0, 0.05) is 45.7 Å². The number of methoxy groups -OCH3 is 1. The standard InChI is InChI=1S/C16H25N3O2/c1-19(2)15(20)13-5-4-12(17)10-14(13)18-11-16(6-7-16)8-9-21-3/h4-5,10,18H,6-9,11,17H2,1-3H3. The van der Waals surface area contributed by atoms with Gasteiger partial charge in [0.2, 0.25) is 0 Å². The zero-order chi connectivity index (χ0) is 15.5. The van der Waals surface area contributed by atoms with Gasteiger partial charge in [-0.3, -0.25) is 4.79 Å². The average molecular weight is 291 g/mol. The molecule has 5 nitrogen and oxygen atoms in total. The van der Waals surface area contributed by atoms with E-state index >= 15 is 0 Å². The van der Waals surface area contributed by atoms with Crippen LogP contribution in [-0.2, 0) is 4.74 Å². The first-order chi connectivity index (χ1) is 9.97. The van der Waals surface area contributed by atoms with E-state index in [1.807, 2.05) is 6.07 Å². The quantitative estimate of drug-likeness (QED) is 0.756. The highest BCUT2D eigenvalue weighted by atomic mass is 16.5. The number of amides is 1. The topological polar surface area (TPSA) is 67.6 Å². The Kier molecular flexibility index (Phi) is 4.73. The first kappa shape index (κ1) is 15.6. The van der Waals surface area contributed by atoms with Gasteiger partial charge in [0.1, 0.15) is 0 Å². The van der Waals surface area contributed by atoms with Crippen LogP contribution in [0.25, 0.3) is 0 Å². The lowest BCUT2D eigenvalue weighted by Crippen LogP contribution is -2.24. The zero-order valence-corrected chi connectivity index (χ0v) is 13.1. The van der Waals surface area contributed by atoms with Crippen molar-refractivity contribution in [2.75, 3.05) is 45.4 Å². The van der Waals surface area contributed by atoms with Gasteiger partial charge >= 0.3 is 0 Å². The second kappa shape index (κ2) is 6.35. The number of carbonyl (C=O) groups excluding carboxylic acids is 1. The van der Waals surface area contributed by atoms with Crippen LogP contribution < -0.4 is 11.1 Å². The second-order valence-corrected chi connectivity index (χ2v) is 6.10. The number of rotatable bonds is 7. The summed E-state index contributed by atoms with van der Waals surface area (Å²) >= 11 is 0. The molecule has 1 aromatic rings. The van der Waals surface area contributed by atoms with Gasteiger partial charge in [-0.1, -0.05) is 0 Å². The molecule has 3 N–H and O–H groups in total. The lowest BCUT2D eigenvalue weighted by Gasteiger charge is -2.20. The molecule has 0 unspecified atom stereocenters. The second-order valence-electron chi connectivity index (χ2n) is 6.10. The fraction of sp³-hybridized carbons (Fsp3) is 0.562. The highest BCUT2D eigenvalue weighted by Gasteiger charge is 2.41. The van der Waals surface area contributed by atoms with Gasteiger partial charge in [-0.05, 0) is 42.9 Å². The lowest BCUT2D eigenvalue weighted by atomic mass is 10.0. The minimum atomic E-state index is -0.0146. The molecule has 116 valence electrons. The third-order valence-electron chi connectivity index (χ3n) is 4.13. The van der Waals surface area contributed by atoms with Crippen molar-refractivity contribution in [3.05, 3.63) is 23.8 Å². The van der Waals surface area contributed by atoms with Gasteiger partial charge in [0.25, 0.3) is 5.91 Å². The third-order valence-corrected chi connectivity index (χ3v) is 4.13. The number of nitrogens with one attached hydrogen (secondary N) is 1. The molecule has 0 heterocycles. The molecule has 0 aliphatic heterocycles. The predicted octanol–water partition coefficient (Wildman–Crippen LogP) is 2.20. The van der Waals surface area contributed by atoms with Crippen molar-refractivity contribution in [3.63, 3.8) is 0 Å². The maximum Gasteiger partial charge on any atom is 0.255 e. The molecule has 0 bridgehead atoms. The first-order valence-corrected chi connectivity index (χ1v) is 7.31. The van der Waals surface area contributed by atoms with E-state index in [-0.39, 0.29) is 5.91 Å². The van der Waals surface area contributed by atoms with Gasteiger partial charge in [-0.15, -0.1) is 0 Å². The number of hydrogen-bond donors (Lipinski definition) is 2. The van der Waals surface area contributed by atoms with Crippen LogP contribution in [-0.4, -0.2) is 45.2 Å². The molecular formula is C16H25N3O2. The van der Waals surface area contributed by atoms with Gasteiger partial charge in [0.15, 0.2) is 0 Å². The summed E-state index contributed by atoms with van der Waals surface area (Å²) in [7, 11) is 5.24. The molecular weight excluding hydrogens is 266 g/mol. The molecule has 1 fully saturated rings. The summed E-state index contributed by atoms with van der Waals surface area (Å²) < 4.78 is 5.17. The van der Waals surface area contributed by atoms with Crippen molar-refractivity contribution >= 4 is 17.3 Å². The van der Waals surface area contributed by atoms with Crippen LogP contribution in [0, 0.1) is 5.41 Å². The Hall–Kier alpha value is -1.75. The van der Waals surface area contributed by atoms with Crippen LogP contribution in [0.2, 0.25) is 0 Å². The van der Waals surface area contributed by atoms with Crippen molar-refractivity contribution < 1.29 is 9.53 Å². The van der Waals surface area contributed by atoms with Crippen molar-refractivity contribution in [3.8, 4) is 0 Å². The minimum Gasteiger partial charge on any atom is -0.399 e. The molecule has 0 atom stereocenters. The summed E-state index contributed by atoms with van der Waals surface area (Å²) in [6.07, 6.45) is 3.47. The zero-order valence-electron chi connectivity index (χ0n) is 13.1. The molecule has 1 aliphatic carbocycles. The molecule has 5 heteroatoms. The smallest absolute Gasteiger partial charge is 0.255 e. The highest BCUT2D eigenvalue weighted by Crippen LogP contribution is 2.48. The number of benzene rings is 1. The third kappa shape index (κ3) is 3.88. The Morgan fingerprint density at radius 3 is 2.71 bits per heavy atom. The number of anilines is 2. The average Bonchev–Trinajstić information content (AvgIpc) is 3.23. The van der Waals surface area contributed by atoms with Crippen molar-refractivity contribution in [1.29, 1.82) is 0 Å². The van der Waals surface area contributed by atoms with Crippen LogP contribution in [0.3, 0.4) is 0 Å². The Labute approximate surface area is 126 Å². The summed E-state index contributed by atoms with van der Waals surface area (Å²) in [5.41, 5.74) is 8.31. The molecule has 1 saturated carbocycles. The molecule has 0 saturated heterocycles. The van der Waals surface area contributed by atoms with Crippen LogP contribution in [0.1, 0.15) is 29.6 Å². The number of nitrogens with zero attached hydrogens (tertiary/aromatic N) is 1. The number of hydrogen-bond acceptors (Lipinski definition) is 4. The minimum absolute atomic E-state index is 0.0146. The van der Waals surface area contributed by atoms with E-state index in [1.165, 1.54) is 12.8 Å². The molecule has 1 amide bonds. The molecule has 2 rings (SSSR count). The van der Waals surface area contributed by atoms with E-state index in [2.05, 4.69) is 5.32 Å². The van der Waals surface area contributed by atoms with E-state index in [0.29, 0.717) is 16.7 Å². The molecule has 0 spiro atoms. The predicted molar refractivity (Wildman–Crippen MR) is 85.5 cm³/mol. The van der Waals surface area contributed by atoms with E-state index < -0.39 is 0 Å². The normalized spacial score (nSPS) is 15.6. The molecule has 0 radical (unpaired) electrons. The Bertz CT molecular complexity index is 510. The van der Waals surface area contributed by atoms with Crippen LogP contribution in [0.15, 0.2) is 18.2 Å². The fourth-order valence-corrected chi connectivity index (χ4v) is 2.43. The summed E-state index contributed by atoms with van der Waals surface area (Å²) in [5, 5.41) is 3.42. The SMILES string of the molecule is COCCC1(CNc2cc(N)ccc2C(=O)N(C)C)CC1. The maximum atomic E-state index is 12.2. The number of nitrogen functional groups attached to an aromatic ring is 1. The largest absolute Gasteiger partial charge is 0.399 e. The number of nitrogens with two attached hydrogens (primary N) is 1. The van der Waals surface area contributed by atoms with Gasteiger partial charge < -0.3 is 20.7 Å². The molecule has 21 heavy (non-hydrogen) atoms. The maximum absolute atomic E-state index is 12.2. The Morgan fingerprint density at radius 2 is 2.14 bits per heavy atom. The summed E-state index contributed by atoms with van der Waals surface area (Å²) in [5.74, 6) is -0.0146. The van der Waals surface area contributed by atoms with Crippen molar-refractivity contribution in [2.24, 2.45) is 5.41 Å². The number of ether oxygens (including phenoxy) is 1. The van der Waals surface area contributed by atoms with Gasteiger partial charge in [-0.2, -0.15) is 0 Å². The van der Waals surface area contributed by atoms with Gasteiger partial charge in [-0.25, -0.2) is 0 Å². The molecule has 1 aromatic carbocycles. The Morgan fingerprint density at radius 1 is 1.43 bits per heavy atom. The van der Waals surface area contributed by atoms with E-state index in [9.17, 15) is 4.79 Å². The number of carbonyl (C=O) groups is 1. The van der Waals surface area contributed by atoms with Crippen LogP contribution >= 0.6 is 0 Å². The summed E-state index contributed by atoms with van der Waals surface area (Å²) in [4.78, 5) is 13.8. The fourth-order valence-electron chi connectivity index (χ4n) is 2.43. The van der Waals surface area contributed by atoms with E-state index in [0.717, 1.165) is 25.3 Å². The van der Waals surface area contributed by atoms with Crippen LogP contribution in [0.4, 0.5) is 11.4 Å². The van der Waals surface area contributed by atoms with Crippen LogP contribution in [0.5, 0.6) is 0 Å². The molecule has 1 aliphatic rings. The van der Waals surface area contributed by atoms with E-state index in [1.54, 1.807) is 38.2 Å². The lowest BCUT2D eigenvalue weighted by molar-refractivity contribution is 0.0828.